The molecule has 2 unspecified atom stereocenters. The molecule has 0 spiro atoms. The molecule has 2 bridgehead atoms. The summed E-state index contributed by atoms with van der Waals surface area (Å²) in [5, 5.41) is 0.0833. The molecule has 17 heavy (non-hydrogen) atoms. The predicted molar refractivity (Wildman–Crippen MR) is 68.7 cm³/mol. The molecule has 3 nitrogen and oxygen atoms in total. The smallest absolute Gasteiger partial charge is 0.212 e. The van der Waals surface area contributed by atoms with Gasteiger partial charge in [0.05, 0.1) is 5.25 Å². The van der Waals surface area contributed by atoms with E-state index < -0.39 is 10.0 Å². The van der Waals surface area contributed by atoms with Crippen molar-refractivity contribution < 1.29 is 8.42 Å². The normalized spacial score (nSPS) is 39.9. The highest BCUT2D eigenvalue weighted by Gasteiger charge is 2.48. The molecule has 3 aliphatic rings. The summed E-state index contributed by atoms with van der Waals surface area (Å²) >= 11 is 6.20. The summed E-state index contributed by atoms with van der Waals surface area (Å²) in [6.45, 7) is 0. The molecule has 0 aromatic carbocycles. The van der Waals surface area contributed by atoms with Crippen molar-refractivity contribution in [3.63, 3.8) is 0 Å². The molecule has 3 fully saturated rings. The Morgan fingerprint density at radius 2 is 1.47 bits per heavy atom. The average molecular weight is 278 g/mol. The molecule has 3 rings (SSSR count). The van der Waals surface area contributed by atoms with Crippen molar-refractivity contribution in [1.82, 2.24) is 4.31 Å². The zero-order valence-corrected chi connectivity index (χ0v) is 11.6. The summed E-state index contributed by atoms with van der Waals surface area (Å²) < 4.78 is 27.1. The van der Waals surface area contributed by atoms with Gasteiger partial charge in [0.1, 0.15) is 0 Å². The Hall–Kier alpha value is 0.200. The first-order valence-corrected chi connectivity index (χ1v) is 8.69. The van der Waals surface area contributed by atoms with E-state index in [4.69, 9.17) is 11.6 Å². The molecular formula is C12H20ClNO2S. The van der Waals surface area contributed by atoms with Gasteiger partial charge in [0.15, 0.2) is 0 Å². The number of hydrogen-bond donors (Lipinski definition) is 0. The second kappa shape index (κ2) is 4.39. The number of piperidine rings is 1. The third-order valence-corrected chi connectivity index (χ3v) is 7.48. The maximum Gasteiger partial charge on any atom is 0.217 e. The van der Waals surface area contributed by atoms with Crippen LogP contribution in [0.3, 0.4) is 0 Å². The molecule has 1 saturated carbocycles. The van der Waals surface area contributed by atoms with Crippen LogP contribution in [0.15, 0.2) is 0 Å². The first kappa shape index (κ1) is 12.2. The van der Waals surface area contributed by atoms with E-state index in [0.29, 0.717) is 0 Å². The van der Waals surface area contributed by atoms with Gasteiger partial charge >= 0.3 is 0 Å². The fourth-order valence-electron chi connectivity index (χ4n) is 3.84. The summed E-state index contributed by atoms with van der Waals surface area (Å²) in [4.78, 5) is 0. The first-order valence-electron chi connectivity index (χ1n) is 6.75. The molecule has 2 heterocycles. The van der Waals surface area contributed by atoms with Crippen LogP contribution in [0.2, 0.25) is 0 Å². The number of halogens is 1. The van der Waals surface area contributed by atoms with Crippen LogP contribution in [0.5, 0.6) is 0 Å². The molecule has 1 aliphatic carbocycles. The fraction of sp³-hybridized carbons (Fsp3) is 1.00. The molecule has 0 aromatic heterocycles. The van der Waals surface area contributed by atoms with E-state index in [0.717, 1.165) is 51.4 Å². The molecule has 0 N–H and O–H groups in total. The third kappa shape index (κ3) is 2.02. The summed E-state index contributed by atoms with van der Waals surface area (Å²) in [5.74, 6) is 0. The lowest BCUT2D eigenvalue weighted by Gasteiger charge is -2.37. The van der Waals surface area contributed by atoms with Crippen molar-refractivity contribution in [2.75, 3.05) is 0 Å². The van der Waals surface area contributed by atoms with Crippen molar-refractivity contribution in [2.24, 2.45) is 0 Å². The zero-order chi connectivity index (χ0) is 12.0. The Bertz CT molecular complexity index is 377. The molecular weight excluding hydrogens is 258 g/mol. The van der Waals surface area contributed by atoms with Crippen LogP contribution in [0.1, 0.15) is 51.4 Å². The minimum absolute atomic E-state index is 0.0996. The minimum atomic E-state index is -3.05. The van der Waals surface area contributed by atoms with E-state index in [1.54, 1.807) is 0 Å². The fourth-order valence-corrected chi connectivity index (χ4v) is 6.74. The first-order chi connectivity index (χ1) is 8.09. The van der Waals surface area contributed by atoms with Gasteiger partial charge in [0, 0.05) is 17.5 Å². The summed E-state index contributed by atoms with van der Waals surface area (Å²) in [6.07, 6.45) is 7.61. The number of rotatable bonds is 2. The SMILES string of the molecule is O=S(=O)(C1CCCC1)N1C2CCC1CC(Cl)C2. The van der Waals surface area contributed by atoms with Crippen molar-refractivity contribution in [1.29, 1.82) is 0 Å². The number of alkyl halides is 1. The Morgan fingerprint density at radius 1 is 0.941 bits per heavy atom. The lowest BCUT2D eigenvalue weighted by Crippen LogP contribution is -2.49. The summed E-state index contributed by atoms with van der Waals surface area (Å²) in [7, 11) is -3.05. The van der Waals surface area contributed by atoms with Gasteiger partial charge in [-0.05, 0) is 38.5 Å². The number of nitrogens with zero attached hydrogens (tertiary/aromatic N) is 1. The van der Waals surface area contributed by atoms with Gasteiger partial charge in [0.25, 0.3) is 0 Å². The molecule has 0 aromatic rings. The van der Waals surface area contributed by atoms with Gasteiger partial charge in [-0.1, -0.05) is 12.8 Å². The summed E-state index contributed by atoms with van der Waals surface area (Å²) in [5.41, 5.74) is 0. The van der Waals surface area contributed by atoms with Gasteiger partial charge in [-0.25, -0.2) is 8.42 Å². The Balaban J connectivity index is 1.84. The van der Waals surface area contributed by atoms with Crippen LogP contribution in [0, 0.1) is 0 Å². The van der Waals surface area contributed by atoms with Crippen LogP contribution < -0.4 is 0 Å². The second-order valence-corrected chi connectivity index (χ2v) is 8.47. The average Bonchev–Trinajstić information content (AvgIpc) is 2.86. The van der Waals surface area contributed by atoms with Gasteiger partial charge in [-0.15, -0.1) is 11.6 Å². The van der Waals surface area contributed by atoms with E-state index in [9.17, 15) is 8.42 Å². The van der Waals surface area contributed by atoms with Crippen molar-refractivity contribution in [3.05, 3.63) is 0 Å². The van der Waals surface area contributed by atoms with Crippen molar-refractivity contribution >= 4 is 21.6 Å². The molecule has 0 radical (unpaired) electrons. The van der Waals surface area contributed by atoms with Gasteiger partial charge in [-0.2, -0.15) is 4.31 Å². The van der Waals surface area contributed by atoms with Crippen LogP contribution in [-0.2, 0) is 10.0 Å². The number of hydrogen-bond acceptors (Lipinski definition) is 2. The third-order valence-electron chi connectivity index (χ3n) is 4.63. The highest BCUT2D eigenvalue weighted by molar-refractivity contribution is 7.89. The number of fused-ring (bicyclic) bond motifs is 2. The van der Waals surface area contributed by atoms with Gasteiger partial charge in [-0.3, -0.25) is 0 Å². The Labute approximate surface area is 109 Å². The van der Waals surface area contributed by atoms with Crippen molar-refractivity contribution in [3.8, 4) is 0 Å². The van der Waals surface area contributed by atoms with E-state index >= 15 is 0 Å². The number of sulfonamides is 1. The molecule has 2 aliphatic heterocycles. The predicted octanol–water partition coefficient (Wildman–Crippen LogP) is 2.49. The molecule has 5 heteroatoms. The second-order valence-electron chi connectivity index (χ2n) is 5.74. The van der Waals surface area contributed by atoms with Crippen LogP contribution in [0.4, 0.5) is 0 Å². The lowest BCUT2D eigenvalue weighted by atomic mass is 10.1. The monoisotopic (exact) mass is 277 g/mol. The van der Waals surface area contributed by atoms with E-state index in [2.05, 4.69) is 0 Å². The standard InChI is InChI=1S/C12H20ClNO2S/c13-9-7-10-5-6-11(8-9)14(10)17(15,16)12-3-1-2-4-12/h9-12H,1-8H2. The molecule has 0 amide bonds. The van der Waals surface area contributed by atoms with Crippen LogP contribution in [0.25, 0.3) is 0 Å². The van der Waals surface area contributed by atoms with Crippen LogP contribution in [-0.4, -0.2) is 35.4 Å². The Morgan fingerprint density at radius 3 is 2.00 bits per heavy atom. The van der Waals surface area contributed by atoms with E-state index in [1.807, 2.05) is 4.31 Å². The lowest BCUT2D eigenvalue weighted by molar-refractivity contribution is 0.248. The Kier molecular flexibility index (Phi) is 3.16. The maximum atomic E-state index is 12.6. The molecule has 2 atom stereocenters. The highest BCUT2D eigenvalue weighted by Crippen LogP contribution is 2.42. The molecule has 2 saturated heterocycles. The van der Waals surface area contributed by atoms with Crippen molar-refractivity contribution in [2.45, 2.75) is 74.1 Å². The van der Waals surface area contributed by atoms with Crippen LogP contribution >= 0.6 is 11.6 Å². The minimum Gasteiger partial charge on any atom is -0.212 e. The van der Waals surface area contributed by atoms with E-state index in [-0.39, 0.29) is 22.7 Å². The zero-order valence-electron chi connectivity index (χ0n) is 10.0. The topological polar surface area (TPSA) is 37.4 Å². The van der Waals surface area contributed by atoms with E-state index in [1.165, 1.54) is 0 Å². The highest BCUT2D eigenvalue weighted by atomic mass is 35.5. The maximum absolute atomic E-state index is 12.6. The molecule has 98 valence electrons. The quantitative estimate of drug-likeness (QED) is 0.727. The summed E-state index contributed by atoms with van der Waals surface area (Å²) in [6, 6.07) is 0.392. The largest absolute Gasteiger partial charge is 0.217 e. The van der Waals surface area contributed by atoms with Gasteiger partial charge in [0.2, 0.25) is 10.0 Å². The van der Waals surface area contributed by atoms with Gasteiger partial charge < -0.3 is 0 Å².